The molecule has 1 amide bonds. The van der Waals surface area contributed by atoms with Gasteiger partial charge in [0.2, 0.25) is 5.76 Å². The summed E-state index contributed by atoms with van der Waals surface area (Å²) in [6.45, 7) is 1.11. The first-order valence-corrected chi connectivity index (χ1v) is 8.70. The number of benzene rings is 2. The number of non-ortho nitro benzene ring substituents is 1. The highest BCUT2D eigenvalue weighted by atomic mass is 16.6. The number of nitrogens with zero attached hydrogens (tertiary/aromatic N) is 1. The van der Waals surface area contributed by atoms with Gasteiger partial charge in [-0.25, -0.2) is 4.79 Å². The molecule has 1 heterocycles. The van der Waals surface area contributed by atoms with Crippen molar-refractivity contribution in [1.29, 1.82) is 0 Å². The van der Waals surface area contributed by atoms with Crippen molar-refractivity contribution in [2.24, 2.45) is 0 Å². The fourth-order valence-electron chi connectivity index (χ4n) is 2.80. The lowest BCUT2D eigenvalue weighted by atomic mass is 10.1. The number of hydrogen-bond donors (Lipinski definition) is 1. The summed E-state index contributed by atoms with van der Waals surface area (Å²) in [5, 5.41) is 14.0. The lowest BCUT2D eigenvalue weighted by Gasteiger charge is -2.10. The van der Waals surface area contributed by atoms with Crippen molar-refractivity contribution in [2.75, 3.05) is 26.1 Å². The number of fused-ring (bicyclic) bond motifs is 1. The molecular weight excluding hydrogens is 396 g/mol. The first-order valence-electron chi connectivity index (χ1n) is 8.70. The van der Waals surface area contributed by atoms with Crippen molar-refractivity contribution >= 4 is 34.2 Å². The van der Waals surface area contributed by atoms with Gasteiger partial charge in [0.15, 0.2) is 6.61 Å². The van der Waals surface area contributed by atoms with Crippen LogP contribution in [0.25, 0.3) is 11.0 Å². The number of anilines is 1. The molecule has 3 rings (SSSR count). The highest BCUT2D eigenvalue weighted by Gasteiger charge is 2.21. The van der Waals surface area contributed by atoms with Crippen LogP contribution in [0.15, 0.2) is 40.8 Å². The molecule has 0 saturated heterocycles. The number of nitrogens with one attached hydrogen (secondary N) is 1. The summed E-state index contributed by atoms with van der Waals surface area (Å²) in [5.41, 5.74) is 1.07. The Labute approximate surface area is 170 Å². The van der Waals surface area contributed by atoms with Crippen LogP contribution in [0.4, 0.5) is 11.4 Å². The molecule has 3 aromatic rings. The van der Waals surface area contributed by atoms with Crippen molar-refractivity contribution < 1.29 is 33.1 Å². The molecule has 0 fully saturated rings. The minimum Gasteiger partial charge on any atom is -0.497 e. The molecule has 30 heavy (non-hydrogen) atoms. The molecule has 0 spiro atoms. The normalized spacial score (nSPS) is 10.5. The van der Waals surface area contributed by atoms with Gasteiger partial charge in [0.05, 0.1) is 30.9 Å². The van der Waals surface area contributed by atoms with Crippen LogP contribution in [0, 0.1) is 17.0 Å². The van der Waals surface area contributed by atoms with Crippen molar-refractivity contribution in [1.82, 2.24) is 0 Å². The van der Waals surface area contributed by atoms with Gasteiger partial charge in [-0.2, -0.15) is 0 Å². The van der Waals surface area contributed by atoms with Crippen LogP contribution in [0.2, 0.25) is 0 Å². The van der Waals surface area contributed by atoms with Gasteiger partial charge in [0.25, 0.3) is 11.6 Å². The lowest BCUT2D eigenvalue weighted by Crippen LogP contribution is -2.21. The second kappa shape index (κ2) is 8.52. The van der Waals surface area contributed by atoms with Crippen LogP contribution in [0.3, 0.4) is 0 Å². The molecule has 0 aliphatic carbocycles. The Bertz CT molecular complexity index is 1140. The number of carbonyl (C=O) groups excluding carboxylic acids is 2. The number of rotatable bonds is 7. The molecule has 0 bridgehead atoms. The number of esters is 1. The molecule has 10 nitrogen and oxygen atoms in total. The predicted molar refractivity (Wildman–Crippen MR) is 106 cm³/mol. The number of ether oxygens (including phenoxy) is 3. The average molecular weight is 414 g/mol. The summed E-state index contributed by atoms with van der Waals surface area (Å²) >= 11 is 0. The van der Waals surface area contributed by atoms with E-state index < -0.39 is 23.4 Å². The smallest absolute Gasteiger partial charge is 0.375 e. The predicted octanol–water partition coefficient (Wildman–Crippen LogP) is 3.46. The van der Waals surface area contributed by atoms with E-state index in [1.54, 1.807) is 25.1 Å². The number of furan rings is 1. The van der Waals surface area contributed by atoms with E-state index in [0.717, 1.165) is 0 Å². The third-order valence-corrected chi connectivity index (χ3v) is 4.33. The fourth-order valence-corrected chi connectivity index (χ4v) is 2.80. The molecule has 10 heteroatoms. The van der Waals surface area contributed by atoms with Gasteiger partial charge in [-0.1, -0.05) is 0 Å². The monoisotopic (exact) mass is 414 g/mol. The number of carbonyl (C=O) groups is 2. The molecule has 1 aromatic heterocycles. The van der Waals surface area contributed by atoms with Gasteiger partial charge in [-0.05, 0) is 31.2 Å². The SMILES string of the molecule is COc1ccc2oc(C(=O)OCC(=O)Nc3ccc([N+](=O)[O-])cc3OC)c(C)c2c1. The number of aryl methyl sites for hydroxylation is 1. The Balaban J connectivity index is 1.68. The number of hydrogen-bond acceptors (Lipinski definition) is 8. The topological polar surface area (TPSA) is 130 Å². The number of methoxy groups -OCH3 is 2. The molecule has 0 saturated carbocycles. The maximum atomic E-state index is 12.4. The van der Waals surface area contributed by atoms with Gasteiger partial charge >= 0.3 is 5.97 Å². The first-order chi connectivity index (χ1) is 14.3. The van der Waals surface area contributed by atoms with Gasteiger partial charge in [0.1, 0.15) is 17.1 Å². The highest BCUT2D eigenvalue weighted by Crippen LogP contribution is 2.30. The third kappa shape index (κ3) is 4.17. The quantitative estimate of drug-likeness (QED) is 0.353. The molecule has 156 valence electrons. The van der Waals surface area contributed by atoms with E-state index in [1.165, 1.54) is 32.4 Å². The van der Waals surface area contributed by atoms with Crippen molar-refractivity contribution in [3.63, 3.8) is 0 Å². The zero-order chi connectivity index (χ0) is 21.8. The zero-order valence-corrected chi connectivity index (χ0v) is 16.4. The second-order valence-corrected chi connectivity index (χ2v) is 6.18. The van der Waals surface area contributed by atoms with E-state index in [4.69, 9.17) is 18.6 Å². The number of amides is 1. The van der Waals surface area contributed by atoms with Gasteiger partial charge in [-0.3, -0.25) is 14.9 Å². The van der Waals surface area contributed by atoms with Crippen molar-refractivity contribution in [3.8, 4) is 11.5 Å². The van der Waals surface area contributed by atoms with Crippen LogP contribution < -0.4 is 14.8 Å². The van der Waals surface area contributed by atoms with E-state index in [-0.39, 0.29) is 22.9 Å². The Kier molecular flexibility index (Phi) is 5.86. The minimum atomic E-state index is -0.798. The van der Waals surface area contributed by atoms with Gasteiger partial charge in [-0.15, -0.1) is 0 Å². The van der Waals surface area contributed by atoms with Crippen molar-refractivity contribution in [2.45, 2.75) is 6.92 Å². The van der Waals surface area contributed by atoms with E-state index in [9.17, 15) is 19.7 Å². The molecule has 0 aliphatic heterocycles. The zero-order valence-electron chi connectivity index (χ0n) is 16.4. The summed E-state index contributed by atoms with van der Waals surface area (Å²) in [7, 11) is 2.85. The van der Waals surface area contributed by atoms with Crippen LogP contribution >= 0.6 is 0 Å². The Morgan fingerprint density at radius 1 is 1.13 bits per heavy atom. The van der Waals surface area contributed by atoms with E-state index in [2.05, 4.69) is 5.32 Å². The molecule has 2 aromatic carbocycles. The fraction of sp³-hybridized carbons (Fsp3) is 0.200. The molecule has 0 unspecified atom stereocenters. The van der Waals surface area contributed by atoms with E-state index in [1.807, 2.05) is 0 Å². The number of nitro groups is 1. The maximum Gasteiger partial charge on any atom is 0.375 e. The molecule has 0 aliphatic rings. The summed E-state index contributed by atoms with van der Waals surface area (Å²) in [5.74, 6) is -0.743. The molecular formula is C20H18N2O8. The molecule has 0 atom stereocenters. The van der Waals surface area contributed by atoms with Crippen LogP contribution in [-0.4, -0.2) is 37.6 Å². The summed E-state index contributed by atoms with van der Waals surface area (Å²) in [6.07, 6.45) is 0. The standard InChI is InChI=1S/C20H18N2O8/c1-11-14-9-13(27-2)5-7-16(14)30-19(11)20(24)29-10-18(23)21-15-6-4-12(22(25)26)8-17(15)28-3/h4-9H,10H2,1-3H3,(H,21,23). The summed E-state index contributed by atoms with van der Waals surface area (Å²) in [4.78, 5) is 34.8. The van der Waals surface area contributed by atoms with Crippen LogP contribution in [0.5, 0.6) is 11.5 Å². The Hall–Kier alpha value is -4.08. The third-order valence-electron chi connectivity index (χ3n) is 4.33. The lowest BCUT2D eigenvalue weighted by molar-refractivity contribution is -0.384. The Morgan fingerprint density at radius 3 is 2.57 bits per heavy atom. The molecule has 0 radical (unpaired) electrons. The number of nitro benzene ring substituents is 1. The van der Waals surface area contributed by atoms with Crippen LogP contribution in [0.1, 0.15) is 16.1 Å². The van der Waals surface area contributed by atoms with E-state index in [0.29, 0.717) is 22.3 Å². The van der Waals surface area contributed by atoms with E-state index >= 15 is 0 Å². The summed E-state index contributed by atoms with van der Waals surface area (Å²) < 4.78 is 20.8. The first kappa shape index (κ1) is 20.6. The average Bonchev–Trinajstić information content (AvgIpc) is 3.08. The largest absolute Gasteiger partial charge is 0.497 e. The highest BCUT2D eigenvalue weighted by molar-refractivity contribution is 5.99. The minimum absolute atomic E-state index is 0.0148. The summed E-state index contributed by atoms with van der Waals surface area (Å²) in [6, 6.07) is 8.83. The van der Waals surface area contributed by atoms with Gasteiger partial charge < -0.3 is 23.9 Å². The van der Waals surface area contributed by atoms with Crippen LogP contribution in [-0.2, 0) is 9.53 Å². The van der Waals surface area contributed by atoms with Gasteiger partial charge in [0, 0.05) is 17.0 Å². The Morgan fingerprint density at radius 2 is 1.90 bits per heavy atom. The second-order valence-electron chi connectivity index (χ2n) is 6.18. The maximum absolute atomic E-state index is 12.4. The van der Waals surface area contributed by atoms with Crippen molar-refractivity contribution in [3.05, 3.63) is 57.8 Å². The molecule has 1 N–H and O–H groups in total.